The third-order valence-corrected chi connectivity index (χ3v) is 4.13. The van der Waals surface area contributed by atoms with Gasteiger partial charge in [-0.25, -0.2) is 4.79 Å². The van der Waals surface area contributed by atoms with Crippen molar-refractivity contribution in [2.24, 2.45) is 0 Å². The molecular formula is C24H28O3. The number of carbonyl (C=O) groups is 1. The highest BCUT2D eigenvalue weighted by molar-refractivity contribution is 5.90. The second-order valence-electron chi connectivity index (χ2n) is 6.25. The molecule has 0 atom stereocenters. The fraction of sp³-hybridized carbons (Fsp3) is 0.292. The van der Waals surface area contributed by atoms with Gasteiger partial charge in [0.15, 0.2) is 0 Å². The number of hydrogen-bond acceptors (Lipinski definition) is 3. The van der Waals surface area contributed by atoms with Gasteiger partial charge in [-0.1, -0.05) is 42.5 Å². The molecule has 0 aromatic heterocycles. The third kappa shape index (κ3) is 6.78. The van der Waals surface area contributed by atoms with Gasteiger partial charge < -0.3 is 9.47 Å². The van der Waals surface area contributed by atoms with Crippen LogP contribution < -0.4 is 4.74 Å². The predicted molar refractivity (Wildman–Crippen MR) is 112 cm³/mol. The zero-order chi connectivity index (χ0) is 19.5. The summed E-state index contributed by atoms with van der Waals surface area (Å²) in [5.41, 5.74) is 3.91. The number of hydrogen-bond donors (Lipinski definition) is 0. The van der Waals surface area contributed by atoms with E-state index in [0.717, 1.165) is 41.9 Å². The van der Waals surface area contributed by atoms with Crippen LogP contribution in [0.15, 0.2) is 60.7 Å². The minimum atomic E-state index is -0.286. The Bertz CT molecular complexity index is 768. The lowest BCUT2D eigenvalue weighted by molar-refractivity contribution is 0.0526. The average Bonchev–Trinajstić information content (AvgIpc) is 2.69. The molecule has 0 heterocycles. The monoisotopic (exact) mass is 364 g/mol. The van der Waals surface area contributed by atoms with Gasteiger partial charge in [0.2, 0.25) is 0 Å². The smallest absolute Gasteiger partial charge is 0.338 e. The highest BCUT2D eigenvalue weighted by Gasteiger charge is 2.05. The van der Waals surface area contributed by atoms with Crippen molar-refractivity contribution in [1.82, 2.24) is 0 Å². The maximum Gasteiger partial charge on any atom is 0.338 e. The fourth-order valence-corrected chi connectivity index (χ4v) is 2.64. The van der Waals surface area contributed by atoms with Crippen LogP contribution in [0.3, 0.4) is 0 Å². The summed E-state index contributed by atoms with van der Waals surface area (Å²) >= 11 is 0. The van der Waals surface area contributed by atoms with Gasteiger partial charge in [-0.3, -0.25) is 0 Å². The molecule has 2 aromatic carbocycles. The molecule has 0 saturated carbocycles. The number of carbonyl (C=O) groups excluding carboxylic acids is 1. The van der Waals surface area contributed by atoms with E-state index in [0.29, 0.717) is 12.2 Å². The number of ether oxygens (including phenoxy) is 2. The molecular weight excluding hydrogens is 336 g/mol. The van der Waals surface area contributed by atoms with Crippen molar-refractivity contribution in [3.8, 4) is 5.75 Å². The van der Waals surface area contributed by atoms with Gasteiger partial charge in [-0.2, -0.15) is 0 Å². The zero-order valence-electron chi connectivity index (χ0n) is 16.4. The molecule has 0 N–H and O–H groups in total. The van der Waals surface area contributed by atoms with Gasteiger partial charge >= 0.3 is 5.97 Å². The zero-order valence-corrected chi connectivity index (χ0v) is 16.4. The Hall–Kier alpha value is -2.81. The van der Waals surface area contributed by atoms with Crippen LogP contribution in [0.5, 0.6) is 5.75 Å². The first-order chi connectivity index (χ1) is 13.1. The summed E-state index contributed by atoms with van der Waals surface area (Å²) in [6.07, 6.45) is 8.38. The van der Waals surface area contributed by atoms with Crippen molar-refractivity contribution in [2.45, 2.75) is 33.6 Å². The average molecular weight is 364 g/mol. The predicted octanol–water partition coefficient (Wildman–Crippen LogP) is 6.16. The quantitative estimate of drug-likeness (QED) is 0.231. The van der Waals surface area contributed by atoms with E-state index in [1.54, 1.807) is 19.1 Å². The van der Waals surface area contributed by atoms with Crippen LogP contribution in [-0.2, 0) is 4.74 Å². The molecule has 0 aliphatic heterocycles. The lowest BCUT2D eigenvalue weighted by Crippen LogP contribution is -2.03. The summed E-state index contributed by atoms with van der Waals surface area (Å²) in [4.78, 5) is 11.7. The molecule has 3 nitrogen and oxygen atoms in total. The number of allylic oxidation sites excluding steroid dienone is 3. The number of rotatable bonds is 9. The lowest BCUT2D eigenvalue weighted by Gasteiger charge is -2.07. The van der Waals surface area contributed by atoms with Crippen LogP contribution in [0.4, 0.5) is 0 Å². The molecule has 27 heavy (non-hydrogen) atoms. The Balaban J connectivity index is 1.96. The lowest BCUT2D eigenvalue weighted by atomic mass is 10.0. The first-order valence-corrected chi connectivity index (χ1v) is 9.44. The molecule has 2 rings (SSSR count). The van der Waals surface area contributed by atoms with Crippen molar-refractivity contribution in [3.63, 3.8) is 0 Å². The van der Waals surface area contributed by atoms with Gasteiger partial charge in [0.25, 0.3) is 0 Å². The standard InChI is InChI=1S/C24H28O3/c1-4-6-7-8-17-27-23-15-13-21(14-16-23)19(3)18-20-9-11-22(12-10-20)24(25)26-5-2/h4,6,9-16,18H,5,7-8,17H2,1-3H3. The van der Waals surface area contributed by atoms with Gasteiger partial charge in [0.05, 0.1) is 18.8 Å². The van der Waals surface area contributed by atoms with E-state index < -0.39 is 0 Å². The largest absolute Gasteiger partial charge is 0.494 e. The van der Waals surface area contributed by atoms with Gasteiger partial charge in [0.1, 0.15) is 5.75 Å². The van der Waals surface area contributed by atoms with Crippen LogP contribution >= 0.6 is 0 Å². The second kappa shape index (κ2) is 11.0. The summed E-state index contributed by atoms with van der Waals surface area (Å²) in [6, 6.07) is 15.6. The molecule has 3 heteroatoms. The fourth-order valence-electron chi connectivity index (χ4n) is 2.64. The molecule has 0 bridgehead atoms. The maximum atomic E-state index is 11.7. The van der Waals surface area contributed by atoms with E-state index in [1.165, 1.54) is 0 Å². The van der Waals surface area contributed by atoms with Crippen LogP contribution in [-0.4, -0.2) is 19.2 Å². The van der Waals surface area contributed by atoms with Crippen LogP contribution in [0.2, 0.25) is 0 Å². The van der Waals surface area contributed by atoms with E-state index in [-0.39, 0.29) is 5.97 Å². The Labute approximate surface area is 162 Å². The van der Waals surface area contributed by atoms with Crippen molar-refractivity contribution < 1.29 is 14.3 Å². The minimum absolute atomic E-state index is 0.286. The first-order valence-electron chi connectivity index (χ1n) is 9.44. The number of benzene rings is 2. The molecule has 0 amide bonds. The van der Waals surface area contributed by atoms with Crippen LogP contribution in [0.1, 0.15) is 55.1 Å². The minimum Gasteiger partial charge on any atom is -0.494 e. The highest BCUT2D eigenvalue weighted by atomic mass is 16.5. The van der Waals surface area contributed by atoms with E-state index >= 15 is 0 Å². The molecule has 0 radical (unpaired) electrons. The van der Waals surface area contributed by atoms with Gasteiger partial charge in [0, 0.05) is 0 Å². The summed E-state index contributed by atoms with van der Waals surface area (Å²) in [5, 5.41) is 0. The Kier molecular flexibility index (Phi) is 8.37. The van der Waals surface area contributed by atoms with Crippen molar-refractivity contribution in [1.29, 1.82) is 0 Å². The molecule has 0 aliphatic carbocycles. The first kappa shape index (κ1) is 20.5. The summed E-state index contributed by atoms with van der Waals surface area (Å²) < 4.78 is 10.8. The summed E-state index contributed by atoms with van der Waals surface area (Å²) in [5.74, 6) is 0.608. The summed E-state index contributed by atoms with van der Waals surface area (Å²) in [7, 11) is 0. The highest BCUT2D eigenvalue weighted by Crippen LogP contribution is 2.21. The van der Waals surface area contributed by atoms with Gasteiger partial charge in [-0.05, 0) is 74.6 Å². The molecule has 2 aromatic rings. The molecule has 0 fully saturated rings. The topological polar surface area (TPSA) is 35.5 Å². The van der Waals surface area contributed by atoms with Crippen LogP contribution in [0, 0.1) is 0 Å². The number of esters is 1. The molecule has 0 unspecified atom stereocenters. The van der Waals surface area contributed by atoms with Crippen molar-refractivity contribution in [3.05, 3.63) is 77.4 Å². The van der Waals surface area contributed by atoms with E-state index in [4.69, 9.17) is 9.47 Å². The normalized spacial score (nSPS) is 11.6. The van der Waals surface area contributed by atoms with Gasteiger partial charge in [-0.15, -0.1) is 0 Å². The number of unbranched alkanes of at least 4 members (excludes halogenated alkanes) is 1. The molecule has 142 valence electrons. The van der Waals surface area contributed by atoms with E-state index in [9.17, 15) is 4.79 Å². The van der Waals surface area contributed by atoms with Crippen molar-refractivity contribution >= 4 is 17.6 Å². The second-order valence-corrected chi connectivity index (χ2v) is 6.25. The maximum absolute atomic E-state index is 11.7. The van der Waals surface area contributed by atoms with E-state index in [2.05, 4.69) is 37.3 Å². The Morgan fingerprint density at radius 2 is 1.67 bits per heavy atom. The molecule has 0 spiro atoms. The van der Waals surface area contributed by atoms with Crippen molar-refractivity contribution in [2.75, 3.05) is 13.2 Å². The van der Waals surface area contributed by atoms with Crippen LogP contribution in [0.25, 0.3) is 11.6 Å². The SMILES string of the molecule is CC=CCCCOc1ccc(C(C)=Cc2ccc(C(=O)OCC)cc2)cc1. The Morgan fingerprint density at radius 1 is 1.00 bits per heavy atom. The summed E-state index contributed by atoms with van der Waals surface area (Å²) in [6.45, 7) is 7.02. The Morgan fingerprint density at radius 3 is 2.30 bits per heavy atom. The van der Waals surface area contributed by atoms with E-state index in [1.807, 2.05) is 31.2 Å². The molecule has 0 aliphatic rings. The third-order valence-electron chi connectivity index (χ3n) is 4.13. The molecule has 0 saturated heterocycles.